The lowest BCUT2D eigenvalue weighted by atomic mass is 10.1. The zero-order chi connectivity index (χ0) is 15.4. The van der Waals surface area contributed by atoms with Crippen LogP contribution in [0.2, 0.25) is 0 Å². The molecule has 1 aromatic heterocycles. The smallest absolute Gasteiger partial charge is 0.330 e. The lowest BCUT2D eigenvalue weighted by Gasteiger charge is -2.13. The van der Waals surface area contributed by atoms with E-state index in [1.54, 1.807) is 19.9 Å². The van der Waals surface area contributed by atoms with Crippen molar-refractivity contribution in [3.8, 4) is 11.3 Å². The summed E-state index contributed by atoms with van der Waals surface area (Å²) in [6, 6.07) is 9.84. The zero-order valence-electron chi connectivity index (χ0n) is 11.7. The second kappa shape index (κ2) is 6.67. The molecular weight excluding hydrogens is 336 g/mol. The standard InChI is InChI=1S/C15H15BrN2O3/c1-3-21-15(20)10(2)18-14(19)8-7-13(17-18)11-5-4-6-12(16)9-11/h4-10H,3H2,1-2H3/t10-/m1/s1. The molecule has 1 heterocycles. The summed E-state index contributed by atoms with van der Waals surface area (Å²) >= 11 is 3.39. The molecule has 0 bridgehead atoms. The molecule has 0 aliphatic rings. The van der Waals surface area contributed by atoms with E-state index in [1.807, 2.05) is 24.3 Å². The molecule has 0 radical (unpaired) electrons. The third-order valence-electron chi connectivity index (χ3n) is 2.94. The number of hydrogen-bond acceptors (Lipinski definition) is 4. The molecule has 6 heteroatoms. The largest absolute Gasteiger partial charge is 0.464 e. The summed E-state index contributed by atoms with van der Waals surface area (Å²) in [6.45, 7) is 3.58. The van der Waals surface area contributed by atoms with Crippen LogP contribution in [0.3, 0.4) is 0 Å². The van der Waals surface area contributed by atoms with E-state index >= 15 is 0 Å². The summed E-state index contributed by atoms with van der Waals surface area (Å²) < 4.78 is 6.99. The second-order valence-electron chi connectivity index (χ2n) is 4.44. The van der Waals surface area contributed by atoms with Gasteiger partial charge < -0.3 is 4.74 Å². The lowest BCUT2D eigenvalue weighted by Crippen LogP contribution is -2.31. The van der Waals surface area contributed by atoms with Crippen molar-refractivity contribution in [2.24, 2.45) is 0 Å². The van der Waals surface area contributed by atoms with Crippen molar-refractivity contribution in [3.63, 3.8) is 0 Å². The molecule has 0 amide bonds. The number of benzene rings is 1. The van der Waals surface area contributed by atoms with Crippen LogP contribution in [-0.2, 0) is 9.53 Å². The van der Waals surface area contributed by atoms with E-state index in [4.69, 9.17) is 4.74 Å². The Morgan fingerprint density at radius 2 is 2.14 bits per heavy atom. The van der Waals surface area contributed by atoms with Gasteiger partial charge in [-0.15, -0.1) is 0 Å². The van der Waals surface area contributed by atoms with E-state index in [0.29, 0.717) is 5.69 Å². The van der Waals surface area contributed by atoms with E-state index in [9.17, 15) is 9.59 Å². The Labute approximate surface area is 130 Å². The Morgan fingerprint density at radius 3 is 2.81 bits per heavy atom. The average molecular weight is 351 g/mol. The minimum Gasteiger partial charge on any atom is -0.464 e. The predicted molar refractivity (Wildman–Crippen MR) is 83.0 cm³/mol. The molecule has 0 aliphatic carbocycles. The van der Waals surface area contributed by atoms with Gasteiger partial charge in [-0.05, 0) is 32.0 Å². The number of halogens is 1. The van der Waals surface area contributed by atoms with Crippen LogP contribution in [0.15, 0.2) is 45.7 Å². The molecule has 0 aliphatic heterocycles. The van der Waals surface area contributed by atoms with Crippen LogP contribution >= 0.6 is 15.9 Å². The molecule has 0 spiro atoms. The molecule has 21 heavy (non-hydrogen) atoms. The van der Waals surface area contributed by atoms with E-state index in [-0.39, 0.29) is 12.2 Å². The normalized spacial score (nSPS) is 12.0. The first kappa shape index (κ1) is 15.4. The van der Waals surface area contributed by atoms with Crippen LogP contribution in [0.25, 0.3) is 11.3 Å². The number of esters is 1. The minimum absolute atomic E-state index is 0.267. The van der Waals surface area contributed by atoms with Crippen LogP contribution in [0, 0.1) is 0 Å². The van der Waals surface area contributed by atoms with Crippen molar-refractivity contribution >= 4 is 21.9 Å². The Hall–Kier alpha value is -1.95. The highest BCUT2D eigenvalue weighted by Gasteiger charge is 2.19. The summed E-state index contributed by atoms with van der Waals surface area (Å²) in [5, 5.41) is 4.27. The van der Waals surface area contributed by atoms with Crippen LogP contribution < -0.4 is 5.56 Å². The van der Waals surface area contributed by atoms with Crippen molar-refractivity contribution in [2.75, 3.05) is 6.61 Å². The van der Waals surface area contributed by atoms with Crippen molar-refractivity contribution in [1.82, 2.24) is 9.78 Å². The number of carbonyl (C=O) groups excluding carboxylic acids is 1. The van der Waals surface area contributed by atoms with Gasteiger partial charge in [0.1, 0.15) is 0 Å². The quantitative estimate of drug-likeness (QED) is 0.795. The minimum atomic E-state index is -0.760. The number of hydrogen-bond donors (Lipinski definition) is 0. The summed E-state index contributed by atoms with van der Waals surface area (Å²) in [6.07, 6.45) is 0. The monoisotopic (exact) mass is 350 g/mol. The van der Waals surface area contributed by atoms with Crippen molar-refractivity contribution < 1.29 is 9.53 Å². The van der Waals surface area contributed by atoms with Gasteiger partial charge in [0.25, 0.3) is 5.56 Å². The van der Waals surface area contributed by atoms with E-state index < -0.39 is 12.0 Å². The van der Waals surface area contributed by atoms with E-state index in [0.717, 1.165) is 14.7 Å². The summed E-state index contributed by atoms with van der Waals surface area (Å²) in [4.78, 5) is 23.7. The third kappa shape index (κ3) is 3.58. The number of carbonyl (C=O) groups is 1. The predicted octanol–water partition coefficient (Wildman–Crippen LogP) is 2.80. The zero-order valence-corrected chi connectivity index (χ0v) is 13.3. The third-order valence-corrected chi connectivity index (χ3v) is 3.43. The maximum absolute atomic E-state index is 11.9. The van der Waals surface area contributed by atoms with Crippen LogP contribution in [0.5, 0.6) is 0 Å². The lowest BCUT2D eigenvalue weighted by molar-refractivity contribution is -0.147. The molecule has 0 N–H and O–H groups in total. The van der Waals surface area contributed by atoms with Gasteiger partial charge in [-0.3, -0.25) is 4.79 Å². The SMILES string of the molecule is CCOC(=O)[C@@H](C)n1nc(-c2cccc(Br)c2)ccc1=O. The number of aromatic nitrogens is 2. The highest BCUT2D eigenvalue weighted by Crippen LogP contribution is 2.20. The molecular formula is C15H15BrN2O3. The molecule has 2 aromatic rings. The van der Waals surface area contributed by atoms with Gasteiger partial charge in [-0.25, -0.2) is 9.48 Å². The second-order valence-corrected chi connectivity index (χ2v) is 5.36. The first-order valence-electron chi connectivity index (χ1n) is 6.55. The highest BCUT2D eigenvalue weighted by molar-refractivity contribution is 9.10. The maximum Gasteiger partial charge on any atom is 0.330 e. The Bertz CT molecular complexity index is 712. The molecule has 0 fully saturated rings. The molecule has 0 saturated heterocycles. The molecule has 1 aromatic carbocycles. The fourth-order valence-corrected chi connectivity index (χ4v) is 2.27. The Morgan fingerprint density at radius 1 is 1.38 bits per heavy atom. The molecule has 2 rings (SSSR count). The van der Waals surface area contributed by atoms with Gasteiger partial charge in [0, 0.05) is 16.1 Å². The van der Waals surface area contributed by atoms with Crippen molar-refractivity contribution in [2.45, 2.75) is 19.9 Å². The van der Waals surface area contributed by atoms with Gasteiger partial charge in [-0.2, -0.15) is 5.10 Å². The Balaban J connectivity index is 2.42. The van der Waals surface area contributed by atoms with Crippen LogP contribution in [0.1, 0.15) is 19.9 Å². The van der Waals surface area contributed by atoms with Gasteiger partial charge in [-0.1, -0.05) is 28.1 Å². The number of ether oxygens (including phenoxy) is 1. The van der Waals surface area contributed by atoms with Crippen molar-refractivity contribution in [3.05, 3.63) is 51.2 Å². The molecule has 110 valence electrons. The summed E-state index contributed by atoms with van der Waals surface area (Å²) in [7, 11) is 0. The van der Waals surface area contributed by atoms with Crippen LogP contribution in [-0.4, -0.2) is 22.4 Å². The summed E-state index contributed by atoms with van der Waals surface area (Å²) in [5.74, 6) is -0.474. The van der Waals surface area contributed by atoms with Gasteiger partial charge >= 0.3 is 5.97 Å². The highest BCUT2D eigenvalue weighted by atomic mass is 79.9. The topological polar surface area (TPSA) is 61.2 Å². The maximum atomic E-state index is 11.9. The Kier molecular flexibility index (Phi) is 4.90. The molecule has 0 unspecified atom stereocenters. The van der Waals surface area contributed by atoms with Crippen LogP contribution in [0.4, 0.5) is 0 Å². The molecule has 1 atom stereocenters. The summed E-state index contributed by atoms with van der Waals surface area (Å²) in [5.41, 5.74) is 1.13. The average Bonchev–Trinajstić information content (AvgIpc) is 2.47. The van der Waals surface area contributed by atoms with Gasteiger partial charge in [0.05, 0.1) is 12.3 Å². The molecule has 0 saturated carbocycles. The fourth-order valence-electron chi connectivity index (χ4n) is 1.87. The number of nitrogens with zero attached hydrogens (tertiary/aromatic N) is 2. The number of rotatable bonds is 4. The first-order valence-corrected chi connectivity index (χ1v) is 7.34. The first-order chi connectivity index (χ1) is 10.0. The molecule has 5 nitrogen and oxygen atoms in total. The van der Waals surface area contributed by atoms with E-state index in [1.165, 1.54) is 6.07 Å². The van der Waals surface area contributed by atoms with Gasteiger partial charge in [0.15, 0.2) is 6.04 Å². The van der Waals surface area contributed by atoms with Crippen molar-refractivity contribution in [1.29, 1.82) is 0 Å². The van der Waals surface area contributed by atoms with Gasteiger partial charge in [0.2, 0.25) is 0 Å². The van der Waals surface area contributed by atoms with E-state index in [2.05, 4.69) is 21.0 Å². The fraction of sp³-hybridized carbons (Fsp3) is 0.267.